The average molecular weight is 256 g/mol. The first kappa shape index (κ1) is 9.52. The summed E-state index contributed by atoms with van der Waals surface area (Å²) in [4.78, 5) is 12.7. The lowest BCUT2D eigenvalue weighted by molar-refractivity contribution is 0.135. The fourth-order valence-electron chi connectivity index (χ4n) is 1.45. The second-order valence-electron chi connectivity index (χ2n) is 3.31. The summed E-state index contributed by atoms with van der Waals surface area (Å²) in [5, 5.41) is 0. The third kappa shape index (κ3) is 1.75. The van der Waals surface area contributed by atoms with Crippen LogP contribution in [-0.4, -0.2) is 24.6 Å². The van der Waals surface area contributed by atoms with E-state index in [0.717, 1.165) is 10.0 Å². The van der Waals surface area contributed by atoms with Crippen LogP contribution in [0.5, 0.6) is 0 Å². The highest BCUT2D eigenvalue weighted by molar-refractivity contribution is 9.10. The number of nitrogens with zero attached hydrogens (tertiary/aromatic N) is 1. The van der Waals surface area contributed by atoms with E-state index < -0.39 is 0 Å². The van der Waals surface area contributed by atoms with Crippen molar-refractivity contribution in [1.82, 2.24) is 4.90 Å². The van der Waals surface area contributed by atoms with E-state index in [-0.39, 0.29) is 12.2 Å². The Balaban J connectivity index is 2.21. The molecule has 0 saturated carbocycles. The molecule has 1 fully saturated rings. The Hall–Kier alpha value is -1.03. The summed E-state index contributed by atoms with van der Waals surface area (Å²) in [6.45, 7) is 0.620. The van der Waals surface area contributed by atoms with E-state index in [2.05, 4.69) is 15.9 Å². The van der Waals surface area contributed by atoms with Crippen molar-refractivity contribution >= 4 is 22.0 Å². The lowest BCUT2D eigenvalue weighted by Crippen LogP contribution is -2.17. The number of rotatable bonds is 1. The summed E-state index contributed by atoms with van der Waals surface area (Å²) in [6.07, 6.45) is -0.389. The van der Waals surface area contributed by atoms with Gasteiger partial charge in [-0.15, -0.1) is 0 Å². The van der Waals surface area contributed by atoms with Gasteiger partial charge in [0.25, 0.3) is 0 Å². The van der Waals surface area contributed by atoms with Crippen LogP contribution >= 0.6 is 15.9 Å². The highest BCUT2D eigenvalue weighted by Gasteiger charge is 2.29. The number of ether oxygens (including phenoxy) is 1. The van der Waals surface area contributed by atoms with Gasteiger partial charge in [-0.3, -0.25) is 0 Å². The minimum Gasteiger partial charge on any atom is -0.439 e. The van der Waals surface area contributed by atoms with E-state index in [9.17, 15) is 4.79 Å². The number of halogens is 1. The zero-order valence-electron chi connectivity index (χ0n) is 7.74. The van der Waals surface area contributed by atoms with Gasteiger partial charge in [0, 0.05) is 11.5 Å². The zero-order chi connectivity index (χ0) is 10.1. The van der Waals surface area contributed by atoms with E-state index in [0.29, 0.717) is 6.54 Å². The molecule has 1 aliphatic heterocycles. The second-order valence-corrected chi connectivity index (χ2v) is 4.22. The number of hydrogen-bond acceptors (Lipinski definition) is 2. The fourth-order valence-corrected chi connectivity index (χ4v) is 1.87. The Morgan fingerprint density at radius 1 is 1.57 bits per heavy atom. The van der Waals surface area contributed by atoms with Crippen molar-refractivity contribution < 1.29 is 9.53 Å². The molecular weight excluding hydrogens is 246 g/mol. The van der Waals surface area contributed by atoms with Crippen molar-refractivity contribution in [2.45, 2.75) is 6.10 Å². The lowest BCUT2D eigenvalue weighted by atomic mass is 10.1. The number of carbonyl (C=O) groups excluding carboxylic acids is 1. The smallest absolute Gasteiger partial charge is 0.410 e. The molecule has 1 aromatic rings. The number of amides is 1. The zero-order valence-corrected chi connectivity index (χ0v) is 9.32. The van der Waals surface area contributed by atoms with Crippen molar-refractivity contribution in [1.29, 1.82) is 0 Å². The van der Waals surface area contributed by atoms with Crippen LogP contribution in [0.1, 0.15) is 11.7 Å². The standard InChI is InChI=1S/C10H10BrNO2/c1-12-6-9(14-10(12)13)7-3-2-4-8(11)5-7/h2-5,9H,6H2,1H3. The van der Waals surface area contributed by atoms with Crippen molar-refractivity contribution in [2.75, 3.05) is 13.6 Å². The number of carbonyl (C=O) groups is 1. The molecule has 1 aliphatic rings. The monoisotopic (exact) mass is 255 g/mol. The fraction of sp³-hybridized carbons (Fsp3) is 0.300. The van der Waals surface area contributed by atoms with Gasteiger partial charge in [0.2, 0.25) is 0 Å². The third-order valence-corrected chi connectivity index (χ3v) is 2.71. The lowest BCUT2D eigenvalue weighted by Gasteiger charge is -2.08. The van der Waals surface area contributed by atoms with Crippen LogP contribution in [-0.2, 0) is 4.74 Å². The molecule has 14 heavy (non-hydrogen) atoms. The van der Waals surface area contributed by atoms with Crippen LogP contribution in [0.2, 0.25) is 0 Å². The van der Waals surface area contributed by atoms with Gasteiger partial charge < -0.3 is 9.64 Å². The van der Waals surface area contributed by atoms with Crippen LogP contribution in [0.25, 0.3) is 0 Å². The number of hydrogen-bond donors (Lipinski definition) is 0. The van der Waals surface area contributed by atoms with Crippen LogP contribution in [0.15, 0.2) is 28.7 Å². The third-order valence-electron chi connectivity index (χ3n) is 2.21. The molecule has 1 unspecified atom stereocenters. The topological polar surface area (TPSA) is 29.5 Å². The Bertz CT molecular complexity index is 367. The van der Waals surface area contributed by atoms with Crippen LogP contribution < -0.4 is 0 Å². The Labute approximate surface area is 90.8 Å². The molecule has 74 valence electrons. The van der Waals surface area contributed by atoms with Gasteiger partial charge in [-0.25, -0.2) is 4.79 Å². The summed E-state index contributed by atoms with van der Waals surface area (Å²) >= 11 is 3.39. The minimum atomic E-state index is -0.255. The summed E-state index contributed by atoms with van der Waals surface area (Å²) in [5.74, 6) is 0. The summed E-state index contributed by atoms with van der Waals surface area (Å²) in [6, 6.07) is 7.81. The van der Waals surface area contributed by atoms with Crippen molar-refractivity contribution in [3.8, 4) is 0 Å². The van der Waals surface area contributed by atoms with Gasteiger partial charge in [-0.1, -0.05) is 28.1 Å². The van der Waals surface area contributed by atoms with Gasteiger partial charge in [0.05, 0.1) is 6.54 Å². The van der Waals surface area contributed by atoms with E-state index in [1.807, 2.05) is 24.3 Å². The molecule has 0 N–H and O–H groups in total. The molecular formula is C10H10BrNO2. The quantitative estimate of drug-likeness (QED) is 0.772. The molecule has 4 heteroatoms. The van der Waals surface area contributed by atoms with Crippen LogP contribution in [0, 0.1) is 0 Å². The summed E-state index contributed by atoms with van der Waals surface area (Å²) in [7, 11) is 1.74. The molecule has 2 rings (SSSR count). The highest BCUT2D eigenvalue weighted by atomic mass is 79.9. The van der Waals surface area contributed by atoms with Gasteiger partial charge in [-0.2, -0.15) is 0 Å². The number of benzene rings is 1. The van der Waals surface area contributed by atoms with Crippen LogP contribution in [0.4, 0.5) is 4.79 Å². The largest absolute Gasteiger partial charge is 0.439 e. The number of likely N-dealkylation sites (N-methyl/N-ethyl adjacent to an activating group) is 1. The van der Waals surface area contributed by atoms with E-state index in [1.165, 1.54) is 0 Å². The molecule has 1 atom stereocenters. The van der Waals surface area contributed by atoms with Gasteiger partial charge in [0.15, 0.2) is 0 Å². The minimum absolute atomic E-state index is 0.134. The molecule has 1 saturated heterocycles. The SMILES string of the molecule is CN1CC(c2cccc(Br)c2)OC1=O. The molecule has 0 aliphatic carbocycles. The van der Waals surface area contributed by atoms with Gasteiger partial charge in [0.1, 0.15) is 6.10 Å². The second kappa shape index (κ2) is 3.61. The predicted octanol–water partition coefficient (Wildman–Crippen LogP) is 2.57. The van der Waals surface area contributed by atoms with Crippen molar-refractivity contribution in [3.63, 3.8) is 0 Å². The van der Waals surface area contributed by atoms with E-state index in [4.69, 9.17) is 4.74 Å². The molecule has 0 spiro atoms. The Morgan fingerprint density at radius 2 is 2.36 bits per heavy atom. The van der Waals surface area contributed by atoms with Gasteiger partial charge >= 0.3 is 6.09 Å². The highest BCUT2D eigenvalue weighted by Crippen LogP contribution is 2.26. The molecule has 1 amide bonds. The Morgan fingerprint density at radius 3 is 2.93 bits per heavy atom. The Kier molecular flexibility index (Phi) is 2.46. The first-order valence-corrected chi connectivity index (χ1v) is 5.13. The molecule has 0 aromatic heterocycles. The molecule has 3 nitrogen and oxygen atoms in total. The normalized spacial score (nSPS) is 21.1. The maximum Gasteiger partial charge on any atom is 0.410 e. The molecule has 0 bridgehead atoms. The van der Waals surface area contributed by atoms with Gasteiger partial charge in [-0.05, 0) is 17.7 Å². The van der Waals surface area contributed by atoms with Crippen molar-refractivity contribution in [3.05, 3.63) is 34.3 Å². The maximum absolute atomic E-state index is 11.1. The predicted molar refractivity (Wildman–Crippen MR) is 56.0 cm³/mol. The molecule has 1 heterocycles. The molecule has 1 aromatic carbocycles. The number of cyclic esters (lactones) is 1. The first-order chi connectivity index (χ1) is 6.66. The van der Waals surface area contributed by atoms with Crippen molar-refractivity contribution in [2.24, 2.45) is 0 Å². The summed E-state index contributed by atoms with van der Waals surface area (Å²) in [5.41, 5.74) is 1.03. The molecule has 0 radical (unpaired) electrons. The van der Waals surface area contributed by atoms with Crippen LogP contribution in [0.3, 0.4) is 0 Å². The average Bonchev–Trinajstić information content (AvgIpc) is 2.47. The maximum atomic E-state index is 11.1. The summed E-state index contributed by atoms with van der Waals surface area (Å²) < 4.78 is 6.18. The first-order valence-electron chi connectivity index (χ1n) is 4.34. The van der Waals surface area contributed by atoms with E-state index >= 15 is 0 Å². The van der Waals surface area contributed by atoms with E-state index in [1.54, 1.807) is 11.9 Å².